The molecule has 1 aromatic heterocycles. The van der Waals surface area contributed by atoms with Crippen LogP contribution in [0.4, 0.5) is 0 Å². The molecule has 0 aliphatic carbocycles. The second-order valence-corrected chi connectivity index (χ2v) is 4.15. The van der Waals surface area contributed by atoms with Gasteiger partial charge in [-0.15, -0.1) is 17.1 Å². The third kappa shape index (κ3) is 1.57. The minimum atomic E-state index is 1.22. The summed E-state index contributed by atoms with van der Waals surface area (Å²) in [4.78, 5) is 1.22. The zero-order chi connectivity index (χ0) is 9.26. The summed E-state index contributed by atoms with van der Waals surface area (Å²) in [6.07, 6.45) is 1.92. The van der Waals surface area contributed by atoms with Crippen LogP contribution >= 0.6 is 11.3 Å². The number of fused-ring (bicyclic) bond motifs is 1. The summed E-state index contributed by atoms with van der Waals surface area (Å²) in [5, 5.41) is 1.31. The third-order valence-electron chi connectivity index (χ3n) is 1.94. The molecule has 0 bridgehead atoms. The highest BCUT2D eigenvalue weighted by molar-refractivity contribution is 7.19. The average molecular weight is 186 g/mol. The number of rotatable bonds is 1. The Bertz CT molecular complexity index is 485. The van der Waals surface area contributed by atoms with Crippen molar-refractivity contribution in [3.63, 3.8) is 0 Å². The zero-order valence-electron chi connectivity index (χ0n) is 7.50. The summed E-state index contributed by atoms with van der Waals surface area (Å²) < 4.78 is 1.33. The van der Waals surface area contributed by atoms with Gasteiger partial charge in [0.15, 0.2) is 0 Å². The van der Waals surface area contributed by atoms with Gasteiger partial charge in [-0.3, -0.25) is 0 Å². The van der Waals surface area contributed by atoms with Gasteiger partial charge in [-0.25, -0.2) is 0 Å². The Balaban J connectivity index is 2.68. The van der Waals surface area contributed by atoms with Crippen LogP contribution in [0.15, 0.2) is 36.6 Å². The molecule has 0 unspecified atom stereocenters. The van der Waals surface area contributed by atoms with Gasteiger partial charge in [-0.2, -0.15) is 0 Å². The highest BCUT2D eigenvalue weighted by Crippen LogP contribution is 2.26. The summed E-state index contributed by atoms with van der Waals surface area (Å²) in [6, 6.07) is 8.67. The summed E-state index contributed by atoms with van der Waals surface area (Å²) in [5.41, 5.74) is 4.10. The fraction of sp³-hybridized carbons (Fsp3) is 0.0833. The van der Waals surface area contributed by atoms with Crippen molar-refractivity contribution in [1.82, 2.24) is 0 Å². The standard InChI is InChI=1S/C12H10S/c1-3-4-11-8-10-7-9(2)5-6-12(10)13-11/h4-8H,1H2,2H3. The molecule has 0 aliphatic heterocycles. The number of aryl methyl sites for hydroxylation is 1. The molecular weight excluding hydrogens is 176 g/mol. The Morgan fingerprint density at radius 3 is 3.00 bits per heavy atom. The fourth-order valence-electron chi connectivity index (χ4n) is 1.36. The molecule has 0 amide bonds. The van der Waals surface area contributed by atoms with E-state index in [-0.39, 0.29) is 0 Å². The maximum atomic E-state index is 3.57. The van der Waals surface area contributed by atoms with E-state index in [9.17, 15) is 0 Å². The van der Waals surface area contributed by atoms with E-state index >= 15 is 0 Å². The zero-order valence-corrected chi connectivity index (χ0v) is 8.32. The molecule has 0 fully saturated rings. The minimum absolute atomic E-state index is 1.22. The normalized spacial score (nSPS) is 9.92. The first kappa shape index (κ1) is 8.31. The molecule has 0 saturated carbocycles. The molecule has 0 aliphatic rings. The second kappa shape index (κ2) is 3.21. The molecule has 0 spiro atoms. The first-order valence-corrected chi connectivity index (χ1v) is 4.97. The van der Waals surface area contributed by atoms with E-state index in [2.05, 4.69) is 43.5 Å². The van der Waals surface area contributed by atoms with Crippen LogP contribution in [0.25, 0.3) is 16.2 Å². The number of hydrogen-bond acceptors (Lipinski definition) is 1. The van der Waals surface area contributed by atoms with Crippen molar-refractivity contribution in [2.24, 2.45) is 0 Å². The maximum Gasteiger partial charge on any atom is 0.0359 e. The highest BCUT2D eigenvalue weighted by atomic mass is 32.1. The first-order chi connectivity index (χ1) is 6.29. The van der Waals surface area contributed by atoms with Crippen LogP contribution in [-0.4, -0.2) is 0 Å². The van der Waals surface area contributed by atoms with E-state index in [1.807, 2.05) is 6.08 Å². The molecule has 0 saturated heterocycles. The predicted molar refractivity (Wildman–Crippen MR) is 60.2 cm³/mol. The molecule has 0 atom stereocenters. The van der Waals surface area contributed by atoms with Gasteiger partial charge in [0.1, 0.15) is 0 Å². The molecule has 64 valence electrons. The molecule has 0 radical (unpaired) electrons. The quantitative estimate of drug-likeness (QED) is 0.590. The van der Waals surface area contributed by atoms with Crippen LogP contribution in [-0.2, 0) is 0 Å². The highest BCUT2D eigenvalue weighted by Gasteiger charge is 1.98. The Labute approximate surface area is 81.8 Å². The number of thiophene rings is 1. The summed E-state index contributed by atoms with van der Waals surface area (Å²) in [6.45, 7) is 5.68. The van der Waals surface area contributed by atoms with Crippen LogP contribution in [0.5, 0.6) is 0 Å². The second-order valence-electron chi connectivity index (χ2n) is 3.04. The molecule has 1 aromatic carbocycles. The topological polar surface area (TPSA) is 0 Å². The maximum absolute atomic E-state index is 3.57. The first-order valence-electron chi connectivity index (χ1n) is 4.15. The number of hydrogen-bond donors (Lipinski definition) is 0. The smallest absolute Gasteiger partial charge is 0.0359 e. The molecule has 0 nitrogen and oxygen atoms in total. The van der Waals surface area contributed by atoms with Crippen LogP contribution in [0.3, 0.4) is 0 Å². The van der Waals surface area contributed by atoms with E-state index in [4.69, 9.17) is 0 Å². The Morgan fingerprint density at radius 1 is 1.38 bits per heavy atom. The minimum Gasteiger partial charge on any atom is -0.135 e. The molecule has 1 heterocycles. The average Bonchev–Trinajstić information content (AvgIpc) is 2.46. The summed E-state index contributed by atoms with van der Waals surface area (Å²) in [5.74, 6) is 0. The van der Waals surface area contributed by atoms with Crippen molar-refractivity contribution in [3.8, 4) is 0 Å². The monoisotopic (exact) mass is 186 g/mol. The molecule has 1 heteroatoms. The van der Waals surface area contributed by atoms with E-state index < -0.39 is 0 Å². The predicted octanol–water partition coefficient (Wildman–Crippen LogP) is 4.01. The van der Waals surface area contributed by atoms with E-state index in [1.54, 1.807) is 11.3 Å². The Hall–Kier alpha value is -1.30. The van der Waals surface area contributed by atoms with Crippen LogP contribution < -0.4 is 0 Å². The van der Waals surface area contributed by atoms with Gasteiger partial charge in [-0.1, -0.05) is 24.3 Å². The van der Waals surface area contributed by atoms with Gasteiger partial charge in [-0.05, 0) is 30.5 Å². The molecule has 2 aromatic rings. The molecular formula is C12H10S. The van der Waals surface area contributed by atoms with Crippen LogP contribution in [0.2, 0.25) is 0 Å². The van der Waals surface area contributed by atoms with E-state index in [1.165, 1.54) is 20.5 Å². The van der Waals surface area contributed by atoms with Gasteiger partial charge < -0.3 is 0 Å². The Kier molecular flexibility index (Phi) is 2.05. The third-order valence-corrected chi connectivity index (χ3v) is 3.00. The van der Waals surface area contributed by atoms with Gasteiger partial charge >= 0.3 is 0 Å². The Morgan fingerprint density at radius 2 is 2.23 bits per heavy atom. The lowest BCUT2D eigenvalue weighted by atomic mass is 10.2. The molecule has 2 rings (SSSR count). The van der Waals surface area contributed by atoms with Crippen LogP contribution in [0, 0.1) is 6.92 Å². The summed E-state index contributed by atoms with van der Waals surface area (Å²) in [7, 11) is 0. The van der Waals surface area contributed by atoms with Crippen LogP contribution in [0.1, 0.15) is 10.4 Å². The van der Waals surface area contributed by atoms with Crippen molar-refractivity contribution in [2.75, 3.05) is 0 Å². The fourth-order valence-corrected chi connectivity index (χ4v) is 2.31. The van der Waals surface area contributed by atoms with Crippen molar-refractivity contribution in [3.05, 3.63) is 47.0 Å². The number of benzene rings is 1. The lowest BCUT2D eigenvalue weighted by Crippen LogP contribution is -1.67. The molecule has 13 heavy (non-hydrogen) atoms. The van der Waals surface area contributed by atoms with Gasteiger partial charge in [0.25, 0.3) is 0 Å². The lowest BCUT2D eigenvalue weighted by molar-refractivity contribution is 1.51. The van der Waals surface area contributed by atoms with Gasteiger partial charge in [0, 0.05) is 9.58 Å². The van der Waals surface area contributed by atoms with Crippen molar-refractivity contribution in [1.29, 1.82) is 0 Å². The van der Waals surface area contributed by atoms with E-state index in [0.29, 0.717) is 0 Å². The molecule has 0 N–H and O–H groups in total. The van der Waals surface area contributed by atoms with Gasteiger partial charge in [0.2, 0.25) is 0 Å². The van der Waals surface area contributed by atoms with Gasteiger partial charge in [0.05, 0.1) is 0 Å². The largest absolute Gasteiger partial charge is 0.135 e. The van der Waals surface area contributed by atoms with Crippen molar-refractivity contribution < 1.29 is 0 Å². The van der Waals surface area contributed by atoms with Crippen molar-refractivity contribution in [2.45, 2.75) is 6.92 Å². The SMILES string of the molecule is C=C=Cc1cc2cc(C)ccc2s1. The lowest BCUT2D eigenvalue weighted by Gasteiger charge is -1.89. The van der Waals surface area contributed by atoms with Crippen molar-refractivity contribution >= 4 is 27.5 Å². The van der Waals surface area contributed by atoms with E-state index in [0.717, 1.165) is 0 Å². The summed E-state index contributed by atoms with van der Waals surface area (Å²) >= 11 is 1.77.